The zero-order valence-corrected chi connectivity index (χ0v) is 24.5. The molecule has 0 radical (unpaired) electrons. The van der Waals surface area contributed by atoms with Gasteiger partial charge in [-0.1, -0.05) is 60.3 Å². The molecule has 2 N–H and O–H groups in total. The number of nitrogens with one attached hydrogen (secondary N) is 1. The number of rotatable bonds is 8. The van der Waals surface area contributed by atoms with Crippen molar-refractivity contribution >= 4 is 52.7 Å². The summed E-state index contributed by atoms with van der Waals surface area (Å²) in [5.74, 6) is -0.815. The first-order chi connectivity index (χ1) is 19.0. The number of carbonyl (C=O) groups excluding carboxylic acids is 1. The van der Waals surface area contributed by atoms with Crippen LogP contribution < -0.4 is 5.32 Å². The first-order valence-electron chi connectivity index (χ1n) is 12.0. The second-order valence-corrected chi connectivity index (χ2v) is 10.8. The van der Waals surface area contributed by atoms with Gasteiger partial charge in [-0.3, -0.25) is 4.79 Å². The number of benzene rings is 2. The Morgan fingerprint density at radius 2 is 1.27 bits per heavy atom. The third-order valence-corrected chi connectivity index (χ3v) is 6.63. The zero-order chi connectivity index (χ0) is 29.4. The quantitative estimate of drug-likeness (QED) is 0.192. The Labute approximate surface area is 251 Å². The van der Waals surface area contributed by atoms with E-state index in [0.29, 0.717) is 43.3 Å². The summed E-state index contributed by atoms with van der Waals surface area (Å²) < 4.78 is 27.1. The lowest BCUT2D eigenvalue weighted by Gasteiger charge is -2.20. The summed E-state index contributed by atoms with van der Waals surface area (Å²) >= 11 is 23.7. The number of pyridine rings is 2. The Morgan fingerprint density at radius 1 is 0.800 bits per heavy atom. The van der Waals surface area contributed by atoms with Crippen molar-refractivity contribution in [2.45, 2.75) is 26.4 Å². The smallest absolute Gasteiger partial charge is 0.171 e. The summed E-state index contributed by atoms with van der Waals surface area (Å²) in [5.41, 5.74) is 2.45. The Bertz CT molecular complexity index is 1450. The molecule has 4 aromatic rings. The van der Waals surface area contributed by atoms with E-state index in [2.05, 4.69) is 15.3 Å². The molecule has 1 atom stereocenters. The normalized spacial score (nSPS) is 11.7. The number of aliphatic hydroxyl groups excluding tert-OH is 1. The number of aliphatic hydroxyl groups is 1. The average molecular weight is 627 g/mol. The minimum absolute atomic E-state index is 0.0110. The Hall–Kier alpha value is -2.65. The fourth-order valence-electron chi connectivity index (χ4n) is 3.61. The van der Waals surface area contributed by atoms with Crippen molar-refractivity contribution in [2.75, 3.05) is 6.61 Å². The molecule has 0 aliphatic carbocycles. The second kappa shape index (κ2) is 14.8. The minimum atomic E-state index is -0.656. The zero-order valence-electron chi connectivity index (χ0n) is 21.4. The lowest BCUT2D eigenvalue weighted by atomic mass is 10.1. The number of carbonyl (C=O) groups is 1. The molecule has 2 aromatic carbocycles. The van der Waals surface area contributed by atoms with E-state index in [9.17, 15) is 18.7 Å². The van der Waals surface area contributed by atoms with Crippen LogP contribution in [0.5, 0.6) is 0 Å². The molecule has 210 valence electrons. The Balaban J connectivity index is 0.000000230. The monoisotopic (exact) mass is 625 g/mol. The van der Waals surface area contributed by atoms with Crippen molar-refractivity contribution < 1.29 is 18.7 Å². The second-order valence-electron chi connectivity index (χ2n) is 9.04. The topological polar surface area (TPSA) is 75.1 Å². The standard InChI is InChI=1S/C17H19Cl2FN2O.C12H6Cl2FNO/c1-10(2)17(9-23)21-8-16-14(20)3-4-15(22-16)11-5-12(18)7-13(19)6-11;13-8-3-7(4-9(14)5-8)11-2-1-10(15)12(6-17)16-11/h3-7,10,17,21,23H,8-9H2,1-2H3;1-6H/t17-;/m0./s1. The fourth-order valence-corrected chi connectivity index (χ4v) is 4.66. The first kappa shape index (κ1) is 31.9. The lowest BCUT2D eigenvalue weighted by molar-refractivity contribution is 0.111. The first-order valence-corrected chi connectivity index (χ1v) is 13.6. The summed E-state index contributed by atoms with van der Waals surface area (Å²) in [6.07, 6.45) is 0.366. The van der Waals surface area contributed by atoms with E-state index in [0.717, 1.165) is 5.56 Å². The highest BCUT2D eigenvalue weighted by Crippen LogP contribution is 2.28. The van der Waals surface area contributed by atoms with Crippen LogP contribution in [0.4, 0.5) is 8.78 Å². The van der Waals surface area contributed by atoms with Crippen molar-refractivity contribution in [1.82, 2.24) is 15.3 Å². The van der Waals surface area contributed by atoms with Crippen LogP contribution in [-0.2, 0) is 6.54 Å². The summed E-state index contributed by atoms with van der Waals surface area (Å²) in [5, 5.41) is 14.4. The van der Waals surface area contributed by atoms with Gasteiger partial charge in [0, 0.05) is 43.8 Å². The molecule has 4 rings (SSSR count). The molecule has 0 bridgehead atoms. The molecule has 11 heteroatoms. The predicted octanol–water partition coefficient (Wildman–Crippen LogP) is 8.31. The molecule has 0 fully saturated rings. The van der Waals surface area contributed by atoms with Gasteiger partial charge < -0.3 is 10.4 Å². The SMILES string of the molecule is CC(C)[C@H](CO)NCc1nc(-c2cc(Cl)cc(Cl)c2)ccc1F.O=Cc1nc(-c2cc(Cl)cc(Cl)c2)ccc1F. The number of halogens is 6. The molecule has 2 aromatic heterocycles. The highest BCUT2D eigenvalue weighted by molar-refractivity contribution is 6.35. The highest BCUT2D eigenvalue weighted by atomic mass is 35.5. The maximum absolute atomic E-state index is 14.0. The number of hydrogen-bond acceptors (Lipinski definition) is 5. The van der Waals surface area contributed by atoms with Gasteiger partial charge in [0.05, 0.1) is 23.7 Å². The lowest BCUT2D eigenvalue weighted by Crippen LogP contribution is -2.36. The van der Waals surface area contributed by atoms with Crippen molar-refractivity contribution in [3.8, 4) is 22.5 Å². The summed E-state index contributed by atoms with van der Waals surface area (Å²) in [4.78, 5) is 18.8. The van der Waals surface area contributed by atoms with E-state index < -0.39 is 11.6 Å². The van der Waals surface area contributed by atoms with E-state index in [1.165, 1.54) is 18.2 Å². The largest absolute Gasteiger partial charge is 0.395 e. The van der Waals surface area contributed by atoms with Gasteiger partial charge in [0.1, 0.15) is 11.5 Å². The summed E-state index contributed by atoms with van der Waals surface area (Å²) in [7, 11) is 0. The fraction of sp³-hybridized carbons (Fsp3) is 0.207. The van der Waals surface area contributed by atoms with E-state index >= 15 is 0 Å². The third kappa shape index (κ3) is 8.93. The predicted molar refractivity (Wildman–Crippen MR) is 157 cm³/mol. The highest BCUT2D eigenvalue weighted by Gasteiger charge is 2.14. The van der Waals surface area contributed by atoms with Crippen molar-refractivity contribution in [1.29, 1.82) is 0 Å². The van der Waals surface area contributed by atoms with Crippen LogP contribution in [0.3, 0.4) is 0 Å². The molecule has 2 heterocycles. The maximum Gasteiger partial charge on any atom is 0.171 e. The van der Waals surface area contributed by atoms with Crippen molar-refractivity contribution in [2.24, 2.45) is 5.92 Å². The maximum atomic E-state index is 14.0. The van der Waals surface area contributed by atoms with Crippen LogP contribution in [0.15, 0.2) is 60.7 Å². The van der Waals surface area contributed by atoms with Gasteiger partial charge in [0.15, 0.2) is 12.1 Å². The van der Waals surface area contributed by atoms with Crippen LogP contribution in [0.1, 0.15) is 30.0 Å². The average Bonchev–Trinajstić information content (AvgIpc) is 2.89. The van der Waals surface area contributed by atoms with Gasteiger partial charge in [0.25, 0.3) is 0 Å². The van der Waals surface area contributed by atoms with Gasteiger partial charge in [-0.05, 0) is 66.6 Å². The number of nitrogens with zero attached hydrogens (tertiary/aromatic N) is 2. The molecular formula is C29H25Cl4F2N3O2. The van der Waals surface area contributed by atoms with Crippen LogP contribution in [0, 0.1) is 17.6 Å². The molecule has 40 heavy (non-hydrogen) atoms. The summed E-state index contributed by atoms with van der Waals surface area (Å²) in [6, 6.07) is 15.5. The molecular weight excluding hydrogens is 602 g/mol. The minimum Gasteiger partial charge on any atom is -0.395 e. The Morgan fingerprint density at radius 3 is 1.73 bits per heavy atom. The molecule has 0 aliphatic heterocycles. The molecule has 0 saturated heterocycles. The van der Waals surface area contributed by atoms with Crippen molar-refractivity contribution in [3.05, 3.63) is 104 Å². The number of aldehydes is 1. The van der Waals surface area contributed by atoms with Crippen LogP contribution in [0.2, 0.25) is 20.1 Å². The van der Waals surface area contributed by atoms with E-state index in [-0.39, 0.29) is 36.5 Å². The van der Waals surface area contributed by atoms with Crippen LogP contribution in [-0.4, -0.2) is 34.0 Å². The third-order valence-electron chi connectivity index (χ3n) is 5.75. The molecule has 0 aliphatic rings. The van der Waals surface area contributed by atoms with Gasteiger partial charge in [-0.25, -0.2) is 18.7 Å². The Kier molecular flexibility index (Phi) is 11.8. The van der Waals surface area contributed by atoms with E-state index in [4.69, 9.17) is 46.4 Å². The van der Waals surface area contributed by atoms with Gasteiger partial charge >= 0.3 is 0 Å². The van der Waals surface area contributed by atoms with E-state index in [1.54, 1.807) is 42.5 Å². The molecule has 0 amide bonds. The molecule has 5 nitrogen and oxygen atoms in total. The molecule has 0 saturated carbocycles. The van der Waals surface area contributed by atoms with Gasteiger partial charge in [-0.2, -0.15) is 0 Å². The molecule has 0 spiro atoms. The number of hydrogen-bond donors (Lipinski definition) is 2. The van der Waals surface area contributed by atoms with Crippen molar-refractivity contribution in [3.63, 3.8) is 0 Å². The number of aromatic nitrogens is 2. The van der Waals surface area contributed by atoms with Gasteiger partial charge in [0.2, 0.25) is 0 Å². The van der Waals surface area contributed by atoms with Gasteiger partial charge in [-0.15, -0.1) is 0 Å². The van der Waals surface area contributed by atoms with Crippen LogP contribution in [0.25, 0.3) is 22.5 Å². The molecule has 0 unspecified atom stereocenters. The van der Waals surface area contributed by atoms with E-state index in [1.807, 2.05) is 13.8 Å². The van der Waals surface area contributed by atoms with Crippen LogP contribution >= 0.6 is 46.4 Å². The summed E-state index contributed by atoms with van der Waals surface area (Å²) in [6.45, 7) is 4.20.